The van der Waals surface area contributed by atoms with Crippen LogP contribution in [0.5, 0.6) is 0 Å². The number of rotatable bonds is 3. The van der Waals surface area contributed by atoms with Crippen LogP contribution in [-0.4, -0.2) is 61.9 Å². The highest BCUT2D eigenvalue weighted by Gasteiger charge is 2.60. The molecule has 1 amide bonds. The molecule has 1 heterocycles. The Labute approximate surface area is 174 Å². The number of amides is 1. The third-order valence-corrected chi connectivity index (χ3v) is 11.7. The molecule has 1 saturated heterocycles. The van der Waals surface area contributed by atoms with E-state index < -0.39 is 39.5 Å². The van der Waals surface area contributed by atoms with E-state index in [0.717, 1.165) is 0 Å². The molecule has 0 radical (unpaired) electrons. The molecule has 0 aliphatic carbocycles. The van der Waals surface area contributed by atoms with Crippen LogP contribution in [0, 0.1) is 16.9 Å². The Morgan fingerprint density at radius 3 is 2.00 bits per heavy atom. The van der Waals surface area contributed by atoms with Gasteiger partial charge in [-0.3, -0.25) is 4.90 Å². The molecule has 2 N–H and O–H groups in total. The van der Waals surface area contributed by atoms with Gasteiger partial charge < -0.3 is 14.6 Å². The molecule has 0 aromatic heterocycles. The van der Waals surface area contributed by atoms with Crippen molar-refractivity contribution in [3.63, 3.8) is 0 Å². The number of likely N-dealkylation sites (tertiary alicyclic amines) is 1. The molecule has 0 bridgehead atoms. The first-order valence-corrected chi connectivity index (χ1v) is 16.5. The third-order valence-electron chi connectivity index (χ3n) is 6.24. The van der Waals surface area contributed by atoms with E-state index in [4.69, 9.17) is 4.43 Å². The van der Waals surface area contributed by atoms with Crippen LogP contribution in [0.1, 0.15) is 48.0 Å². The number of hydrogen-bond donors (Lipinski definition) is 2. The average Bonchev–Trinajstić information content (AvgIpc) is 2.82. The van der Waals surface area contributed by atoms with Gasteiger partial charge in [-0.1, -0.05) is 67.1 Å². The quantitative estimate of drug-likeness (QED) is 0.502. The van der Waals surface area contributed by atoms with Crippen molar-refractivity contribution in [1.82, 2.24) is 4.90 Å². The molecule has 1 fully saturated rings. The van der Waals surface area contributed by atoms with E-state index >= 15 is 0 Å². The number of carboxylic acid groups (broad SMARTS) is 1. The summed E-state index contributed by atoms with van der Waals surface area (Å²) in [6.45, 7) is 23.4. The Bertz CT molecular complexity index is 647. The summed E-state index contributed by atoms with van der Waals surface area (Å²) in [5.74, 6) is 3.03. The topological polar surface area (TPSA) is 70.0 Å². The minimum Gasteiger partial charge on any atom is -0.465 e. The van der Waals surface area contributed by atoms with E-state index in [2.05, 4.69) is 65.0 Å². The van der Waals surface area contributed by atoms with Crippen molar-refractivity contribution in [2.24, 2.45) is 5.41 Å². The van der Waals surface area contributed by atoms with Gasteiger partial charge in [-0.2, -0.15) is 0 Å². The van der Waals surface area contributed by atoms with E-state index in [1.54, 1.807) is 0 Å². The summed E-state index contributed by atoms with van der Waals surface area (Å²) in [5.41, 5.74) is 1.73. The summed E-state index contributed by atoms with van der Waals surface area (Å²) >= 11 is 0. The zero-order valence-corrected chi connectivity index (χ0v) is 21.7. The Kier molecular flexibility index (Phi) is 7.01. The molecular weight excluding hydrogens is 386 g/mol. The van der Waals surface area contributed by atoms with Crippen molar-refractivity contribution in [1.29, 1.82) is 0 Å². The Balaban J connectivity index is 3.41. The fourth-order valence-electron chi connectivity index (χ4n) is 3.59. The fraction of sp³-hybridized carbons (Fsp3) is 0.857. The zero-order chi connectivity index (χ0) is 22.3. The predicted octanol–water partition coefficient (Wildman–Crippen LogP) is 4.79. The lowest BCUT2D eigenvalue weighted by molar-refractivity contribution is -0.0410. The predicted molar refractivity (Wildman–Crippen MR) is 121 cm³/mol. The van der Waals surface area contributed by atoms with Crippen LogP contribution in [-0.2, 0) is 4.43 Å². The molecule has 7 heteroatoms. The summed E-state index contributed by atoms with van der Waals surface area (Å²) in [6, 6.07) is 0. The third kappa shape index (κ3) is 5.21. The average molecular weight is 428 g/mol. The summed E-state index contributed by atoms with van der Waals surface area (Å²) in [7, 11) is -3.77. The van der Waals surface area contributed by atoms with Gasteiger partial charge in [0, 0.05) is 13.0 Å². The first kappa shape index (κ1) is 25.2. The van der Waals surface area contributed by atoms with Gasteiger partial charge in [0.05, 0.1) is 11.6 Å². The van der Waals surface area contributed by atoms with Crippen LogP contribution in [0.2, 0.25) is 37.8 Å². The molecule has 1 rings (SSSR count). The van der Waals surface area contributed by atoms with Crippen LogP contribution in [0.15, 0.2) is 0 Å². The van der Waals surface area contributed by atoms with Crippen LogP contribution in [0.4, 0.5) is 4.79 Å². The lowest BCUT2D eigenvalue weighted by Gasteiger charge is -2.48. The van der Waals surface area contributed by atoms with Gasteiger partial charge in [0.1, 0.15) is 14.2 Å². The lowest BCUT2D eigenvalue weighted by atomic mass is 9.68. The molecular formula is C21H41NO4Si2. The SMILES string of the molecule is CC(C)(C)[C@]1(C(O)C#C[Si](C)(C)C)C[C@@H](O[Si](C)(C)C(C)(C)C)CN1C(=O)O. The Morgan fingerprint density at radius 1 is 1.14 bits per heavy atom. The molecule has 0 saturated carbocycles. The van der Waals surface area contributed by atoms with Gasteiger partial charge in [0.25, 0.3) is 0 Å². The monoisotopic (exact) mass is 427 g/mol. The maximum Gasteiger partial charge on any atom is 0.407 e. The molecule has 0 spiro atoms. The van der Waals surface area contributed by atoms with Crippen LogP contribution >= 0.6 is 0 Å². The molecule has 1 aliphatic heterocycles. The normalized spacial score (nSPS) is 25.3. The van der Waals surface area contributed by atoms with Crippen molar-refractivity contribution in [2.45, 2.75) is 103 Å². The van der Waals surface area contributed by atoms with Crippen molar-refractivity contribution in [2.75, 3.05) is 6.54 Å². The van der Waals surface area contributed by atoms with Crippen LogP contribution in [0.3, 0.4) is 0 Å². The fourth-order valence-corrected chi connectivity index (χ4v) is 5.51. The zero-order valence-electron chi connectivity index (χ0n) is 19.7. The summed E-state index contributed by atoms with van der Waals surface area (Å²) in [4.78, 5) is 13.6. The van der Waals surface area contributed by atoms with Gasteiger partial charge in [0.2, 0.25) is 0 Å². The Morgan fingerprint density at radius 2 is 1.64 bits per heavy atom. The van der Waals surface area contributed by atoms with E-state index in [9.17, 15) is 15.0 Å². The highest BCUT2D eigenvalue weighted by Crippen LogP contribution is 2.48. The number of carbonyl (C=O) groups is 1. The van der Waals surface area contributed by atoms with Crippen molar-refractivity contribution >= 4 is 22.5 Å². The summed E-state index contributed by atoms with van der Waals surface area (Å²) < 4.78 is 6.57. The first-order chi connectivity index (χ1) is 12.2. The molecule has 1 aliphatic rings. The maximum absolute atomic E-state index is 12.2. The minimum absolute atomic E-state index is 0.0320. The number of nitrogens with zero attached hydrogens (tertiary/aromatic N) is 1. The number of hydrogen-bond acceptors (Lipinski definition) is 3. The van der Waals surface area contributed by atoms with Gasteiger partial charge in [-0.15, -0.1) is 5.54 Å². The second-order valence-electron chi connectivity index (χ2n) is 11.7. The second-order valence-corrected chi connectivity index (χ2v) is 21.2. The van der Waals surface area contributed by atoms with Crippen LogP contribution in [0.25, 0.3) is 0 Å². The first-order valence-electron chi connectivity index (χ1n) is 10.1. The summed E-state index contributed by atoms with van der Waals surface area (Å²) in [5, 5.41) is 21.2. The number of aliphatic hydroxyl groups excluding tert-OH is 1. The highest BCUT2D eigenvalue weighted by molar-refractivity contribution is 6.83. The van der Waals surface area contributed by atoms with Gasteiger partial charge in [-0.05, 0) is 23.5 Å². The van der Waals surface area contributed by atoms with E-state index in [0.29, 0.717) is 6.42 Å². The minimum atomic E-state index is -2.07. The van der Waals surface area contributed by atoms with Crippen molar-refractivity contribution in [3.8, 4) is 11.5 Å². The smallest absolute Gasteiger partial charge is 0.407 e. The Hall–Kier alpha value is -0.816. The van der Waals surface area contributed by atoms with Crippen LogP contribution < -0.4 is 0 Å². The highest BCUT2D eigenvalue weighted by atomic mass is 28.4. The van der Waals surface area contributed by atoms with E-state index in [1.807, 2.05) is 20.8 Å². The maximum atomic E-state index is 12.2. The van der Waals surface area contributed by atoms with Crippen molar-refractivity contribution < 1.29 is 19.4 Å². The van der Waals surface area contributed by atoms with E-state index in [1.165, 1.54) is 4.90 Å². The lowest BCUT2D eigenvalue weighted by Crippen LogP contribution is -2.62. The molecule has 5 nitrogen and oxygen atoms in total. The van der Waals surface area contributed by atoms with Gasteiger partial charge in [0.15, 0.2) is 8.32 Å². The molecule has 0 aromatic carbocycles. The van der Waals surface area contributed by atoms with Crippen molar-refractivity contribution in [3.05, 3.63) is 0 Å². The molecule has 162 valence electrons. The molecule has 3 atom stereocenters. The molecule has 0 aromatic rings. The standard InChI is InChI=1S/C21H41NO4Si2/c1-19(2,3)21(17(23)12-13-27(7,8)9)14-16(15-22(21)18(24)25)26-28(10,11)20(4,5)6/h16-17,23H,14-15H2,1-11H3,(H,24,25)/t16-,17?,21-/m1/s1. The van der Waals surface area contributed by atoms with Gasteiger partial charge in [-0.25, -0.2) is 4.79 Å². The second kappa shape index (κ2) is 7.79. The largest absolute Gasteiger partial charge is 0.465 e. The molecule has 28 heavy (non-hydrogen) atoms. The molecule has 1 unspecified atom stereocenters. The van der Waals surface area contributed by atoms with Gasteiger partial charge >= 0.3 is 6.09 Å². The summed E-state index contributed by atoms with van der Waals surface area (Å²) in [6.07, 6.45) is -1.86. The number of aliphatic hydroxyl groups is 1. The van der Waals surface area contributed by atoms with E-state index in [-0.39, 0.29) is 17.7 Å².